The number of aromatic nitrogens is 4. The van der Waals surface area contributed by atoms with Crippen molar-refractivity contribution in [3.05, 3.63) is 29.3 Å². The largest absolute Gasteiger partial charge is 0.350 e. The molecule has 25 heavy (non-hydrogen) atoms. The number of nitrogens with zero attached hydrogens (tertiary/aromatic N) is 4. The summed E-state index contributed by atoms with van der Waals surface area (Å²) in [5.41, 5.74) is 1.75. The molecule has 0 aliphatic carbocycles. The number of carbonyl (C=O) groups is 2. The first-order chi connectivity index (χ1) is 11.8. The number of carbonyl (C=O) groups excluding carboxylic acids is 2. The van der Waals surface area contributed by atoms with E-state index in [4.69, 9.17) is 0 Å². The fraction of sp³-hybridized carbons (Fsp3) is 0.529. The average molecular weight is 346 g/mol. The summed E-state index contributed by atoms with van der Waals surface area (Å²) in [7, 11) is 0. The second-order valence-corrected chi connectivity index (χ2v) is 6.29. The first kappa shape index (κ1) is 18.7. The molecule has 0 radical (unpaired) electrons. The van der Waals surface area contributed by atoms with E-state index in [0.717, 1.165) is 0 Å². The molecule has 2 rings (SSSR count). The molecule has 0 aromatic carbocycles. The Bertz CT molecular complexity index is 759. The summed E-state index contributed by atoms with van der Waals surface area (Å²) < 4.78 is 3.33. The quantitative estimate of drug-likeness (QED) is 0.802. The second kappa shape index (κ2) is 7.96. The molecule has 0 spiro atoms. The van der Waals surface area contributed by atoms with Gasteiger partial charge < -0.3 is 10.6 Å². The Kier molecular flexibility index (Phi) is 5.95. The van der Waals surface area contributed by atoms with Gasteiger partial charge in [0.2, 0.25) is 0 Å². The molecule has 136 valence electrons. The van der Waals surface area contributed by atoms with Crippen molar-refractivity contribution in [3.63, 3.8) is 0 Å². The summed E-state index contributed by atoms with van der Waals surface area (Å²) in [6, 6.07) is 0. The number of nitrogens with one attached hydrogen (secondary N) is 2. The summed E-state index contributed by atoms with van der Waals surface area (Å²) in [4.78, 5) is 24.9. The summed E-state index contributed by atoms with van der Waals surface area (Å²) in [5.74, 6) is -0.263. The number of hydrogen-bond donors (Lipinski definition) is 2. The van der Waals surface area contributed by atoms with Gasteiger partial charge in [0, 0.05) is 32.0 Å². The van der Waals surface area contributed by atoms with E-state index in [9.17, 15) is 9.59 Å². The van der Waals surface area contributed by atoms with Crippen molar-refractivity contribution < 1.29 is 9.59 Å². The summed E-state index contributed by atoms with van der Waals surface area (Å²) in [6.07, 6.45) is 3.37. The molecule has 8 nitrogen and oxygen atoms in total. The zero-order valence-electron chi connectivity index (χ0n) is 15.5. The fourth-order valence-corrected chi connectivity index (χ4v) is 2.32. The molecular formula is C17H26N6O2. The molecule has 0 fully saturated rings. The normalized spacial score (nSPS) is 11.0. The van der Waals surface area contributed by atoms with E-state index in [1.54, 1.807) is 28.7 Å². The second-order valence-electron chi connectivity index (χ2n) is 6.29. The zero-order chi connectivity index (χ0) is 18.6. The van der Waals surface area contributed by atoms with Crippen molar-refractivity contribution in [2.24, 2.45) is 5.92 Å². The first-order valence-electron chi connectivity index (χ1n) is 8.56. The van der Waals surface area contributed by atoms with E-state index in [-0.39, 0.29) is 17.5 Å². The molecule has 0 atom stereocenters. The van der Waals surface area contributed by atoms with E-state index >= 15 is 0 Å². The highest BCUT2D eigenvalue weighted by molar-refractivity contribution is 6.08. The molecule has 2 N–H and O–H groups in total. The lowest BCUT2D eigenvalue weighted by atomic mass is 10.2. The Morgan fingerprint density at radius 1 is 1.08 bits per heavy atom. The van der Waals surface area contributed by atoms with Crippen molar-refractivity contribution >= 4 is 17.5 Å². The van der Waals surface area contributed by atoms with Crippen LogP contribution in [0.2, 0.25) is 0 Å². The van der Waals surface area contributed by atoms with Crippen LogP contribution in [0, 0.1) is 12.8 Å². The maximum atomic E-state index is 12.6. The van der Waals surface area contributed by atoms with Crippen LogP contribution in [0.1, 0.15) is 54.2 Å². The van der Waals surface area contributed by atoms with Crippen LogP contribution in [-0.2, 0) is 13.1 Å². The molecule has 8 heteroatoms. The maximum Gasteiger partial charge on any atom is 0.273 e. The Hall–Kier alpha value is -2.64. The van der Waals surface area contributed by atoms with Gasteiger partial charge in [0.15, 0.2) is 5.69 Å². The molecule has 0 saturated heterocycles. The van der Waals surface area contributed by atoms with Gasteiger partial charge in [0.05, 0.1) is 16.9 Å². The van der Waals surface area contributed by atoms with E-state index in [1.807, 2.05) is 27.7 Å². The first-order valence-corrected chi connectivity index (χ1v) is 8.56. The molecule has 0 unspecified atom stereocenters. The maximum absolute atomic E-state index is 12.6. The zero-order valence-corrected chi connectivity index (χ0v) is 15.5. The van der Waals surface area contributed by atoms with E-state index in [2.05, 4.69) is 20.8 Å². The summed E-state index contributed by atoms with van der Waals surface area (Å²) >= 11 is 0. The smallest absolute Gasteiger partial charge is 0.273 e. The minimum atomic E-state index is -0.300. The van der Waals surface area contributed by atoms with Crippen LogP contribution in [0.3, 0.4) is 0 Å². The van der Waals surface area contributed by atoms with Crippen molar-refractivity contribution in [2.75, 3.05) is 11.9 Å². The van der Waals surface area contributed by atoms with Gasteiger partial charge >= 0.3 is 0 Å². The van der Waals surface area contributed by atoms with Gasteiger partial charge in [-0.1, -0.05) is 13.8 Å². The molecule has 0 aliphatic rings. The van der Waals surface area contributed by atoms with Gasteiger partial charge in [-0.25, -0.2) is 0 Å². The third-order valence-corrected chi connectivity index (χ3v) is 3.73. The molecule has 2 aromatic rings. The lowest BCUT2D eigenvalue weighted by molar-refractivity contribution is 0.0944. The van der Waals surface area contributed by atoms with Crippen LogP contribution >= 0.6 is 0 Å². The van der Waals surface area contributed by atoms with Crippen LogP contribution in [0.25, 0.3) is 0 Å². The van der Waals surface area contributed by atoms with Crippen LogP contribution in [0.5, 0.6) is 0 Å². The van der Waals surface area contributed by atoms with Gasteiger partial charge in [-0.15, -0.1) is 0 Å². The molecule has 2 heterocycles. The fourth-order valence-electron chi connectivity index (χ4n) is 2.32. The van der Waals surface area contributed by atoms with Crippen molar-refractivity contribution in [2.45, 2.75) is 47.7 Å². The Morgan fingerprint density at radius 3 is 2.28 bits per heavy atom. The summed E-state index contributed by atoms with van der Waals surface area (Å²) in [6.45, 7) is 11.5. The topological polar surface area (TPSA) is 93.8 Å². The monoisotopic (exact) mass is 346 g/mol. The SMILES string of the molecule is CCn1cc(C(=O)Nc2cn(CC)nc2C(=O)NCC(C)C)c(C)n1. The van der Waals surface area contributed by atoms with E-state index in [0.29, 0.717) is 42.5 Å². The Morgan fingerprint density at radius 2 is 1.72 bits per heavy atom. The van der Waals surface area contributed by atoms with Crippen molar-refractivity contribution in [3.8, 4) is 0 Å². The van der Waals surface area contributed by atoms with Crippen LogP contribution in [-0.4, -0.2) is 37.9 Å². The highest BCUT2D eigenvalue weighted by Gasteiger charge is 2.21. The highest BCUT2D eigenvalue weighted by atomic mass is 16.2. The number of aryl methyl sites for hydroxylation is 3. The molecule has 2 amide bonds. The number of anilines is 1. The third kappa shape index (κ3) is 4.46. The number of amides is 2. The molecule has 0 bridgehead atoms. The Labute approximate surface area is 147 Å². The predicted molar refractivity (Wildman–Crippen MR) is 95.7 cm³/mol. The van der Waals surface area contributed by atoms with Gasteiger partial charge in [-0.05, 0) is 26.7 Å². The van der Waals surface area contributed by atoms with Crippen LogP contribution in [0.15, 0.2) is 12.4 Å². The van der Waals surface area contributed by atoms with Gasteiger partial charge in [0.25, 0.3) is 11.8 Å². The molecular weight excluding hydrogens is 320 g/mol. The predicted octanol–water partition coefficient (Wildman–Crippen LogP) is 2.07. The molecule has 0 aliphatic heterocycles. The van der Waals surface area contributed by atoms with Gasteiger partial charge in [-0.2, -0.15) is 10.2 Å². The molecule has 2 aromatic heterocycles. The van der Waals surface area contributed by atoms with Crippen LogP contribution < -0.4 is 10.6 Å². The number of hydrogen-bond acceptors (Lipinski definition) is 4. The summed E-state index contributed by atoms with van der Waals surface area (Å²) in [5, 5.41) is 14.2. The third-order valence-electron chi connectivity index (χ3n) is 3.73. The van der Waals surface area contributed by atoms with Crippen LogP contribution in [0.4, 0.5) is 5.69 Å². The molecule has 0 saturated carbocycles. The minimum absolute atomic E-state index is 0.219. The van der Waals surface area contributed by atoms with Gasteiger partial charge in [-0.3, -0.25) is 19.0 Å². The standard InChI is InChI=1S/C17H26N6O2/c1-6-22-9-13(12(5)20-22)16(24)19-14-10-23(7-2)21-15(14)17(25)18-8-11(3)4/h9-11H,6-8H2,1-5H3,(H,18,25)(H,19,24). The van der Waals surface area contributed by atoms with E-state index in [1.165, 1.54) is 0 Å². The minimum Gasteiger partial charge on any atom is -0.350 e. The van der Waals surface area contributed by atoms with Crippen molar-refractivity contribution in [1.82, 2.24) is 24.9 Å². The van der Waals surface area contributed by atoms with Crippen molar-refractivity contribution in [1.29, 1.82) is 0 Å². The van der Waals surface area contributed by atoms with Gasteiger partial charge in [0.1, 0.15) is 0 Å². The Balaban J connectivity index is 2.22. The highest BCUT2D eigenvalue weighted by Crippen LogP contribution is 2.17. The number of rotatable bonds is 7. The van der Waals surface area contributed by atoms with E-state index < -0.39 is 0 Å². The lowest BCUT2D eigenvalue weighted by Gasteiger charge is -2.08. The average Bonchev–Trinajstić information content (AvgIpc) is 3.15. The lowest BCUT2D eigenvalue weighted by Crippen LogP contribution is -2.28.